The van der Waals surface area contributed by atoms with Gasteiger partial charge in [-0.2, -0.15) is 12.6 Å². The van der Waals surface area contributed by atoms with Crippen molar-refractivity contribution in [2.45, 2.75) is 25.9 Å². The number of carbonyl (C=O) groups is 2. The Morgan fingerprint density at radius 2 is 1.79 bits per heavy atom. The van der Waals surface area contributed by atoms with Crippen LogP contribution in [-0.2, 0) is 14.3 Å². The molecule has 0 aliphatic carbocycles. The molecule has 0 fully saturated rings. The van der Waals surface area contributed by atoms with Crippen LogP contribution in [0.3, 0.4) is 0 Å². The van der Waals surface area contributed by atoms with E-state index in [0.29, 0.717) is 0 Å². The third kappa shape index (κ3) is 4.08. The third-order valence-electron chi connectivity index (χ3n) is 1.69. The second-order valence-electron chi connectivity index (χ2n) is 3.30. The van der Waals surface area contributed by atoms with Gasteiger partial charge in [0.1, 0.15) is 12.1 Å². The van der Waals surface area contributed by atoms with Crippen LogP contribution in [0.2, 0.25) is 0 Å². The van der Waals surface area contributed by atoms with Crippen LogP contribution in [0.1, 0.15) is 13.8 Å². The maximum atomic E-state index is 11.2. The van der Waals surface area contributed by atoms with Crippen molar-refractivity contribution in [1.29, 1.82) is 0 Å². The van der Waals surface area contributed by atoms with Crippen LogP contribution in [0.4, 0.5) is 0 Å². The first-order valence-corrected chi connectivity index (χ1v) is 4.91. The SMILES string of the molecule is CC(C)[C@H](N)C(=O)OC(=O)[C@@H](N)CS. The van der Waals surface area contributed by atoms with Crippen molar-refractivity contribution in [3.63, 3.8) is 0 Å². The molecule has 4 N–H and O–H groups in total. The number of hydrogen-bond acceptors (Lipinski definition) is 6. The topological polar surface area (TPSA) is 95.4 Å². The average Bonchev–Trinajstić information content (AvgIpc) is 2.14. The quantitative estimate of drug-likeness (QED) is 0.331. The number of esters is 2. The highest BCUT2D eigenvalue weighted by atomic mass is 32.1. The fourth-order valence-electron chi connectivity index (χ4n) is 0.590. The molecule has 0 saturated heterocycles. The van der Waals surface area contributed by atoms with Gasteiger partial charge in [0.25, 0.3) is 0 Å². The van der Waals surface area contributed by atoms with Gasteiger partial charge in [0.15, 0.2) is 0 Å². The molecule has 0 aromatic carbocycles. The predicted molar refractivity (Wildman–Crippen MR) is 55.7 cm³/mol. The molecule has 0 spiro atoms. The van der Waals surface area contributed by atoms with Gasteiger partial charge >= 0.3 is 11.9 Å². The lowest BCUT2D eigenvalue weighted by molar-refractivity contribution is -0.161. The Kier molecular flexibility index (Phi) is 5.75. The summed E-state index contributed by atoms with van der Waals surface area (Å²) in [5.41, 5.74) is 10.8. The van der Waals surface area contributed by atoms with Gasteiger partial charge in [0.2, 0.25) is 0 Å². The lowest BCUT2D eigenvalue weighted by Crippen LogP contribution is -2.42. The fourth-order valence-corrected chi connectivity index (χ4v) is 0.739. The number of thiol groups is 1. The monoisotopic (exact) mass is 220 g/mol. The Labute approximate surface area is 88.6 Å². The van der Waals surface area contributed by atoms with Crippen molar-refractivity contribution in [2.24, 2.45) is 17.4 Å². The maximum absolute atomic E-state index is 11.2. The zero-order valence-electron chi connectivity index (χ0n) is 8.27. The van der Waals surface area contributed by atoms with E-state index in [0.717, 1.165) is 0 Å². The Morgan fingerprint density at radius 3 is 2.14 bits per heavy atom. The summed E-state index contributed by atoms with van der Waals surface area (Å²) in [6, 6.07) is -1.69. The molecule has 0 saturated carbocycles. The lowest BCUT2D eigenvalue weighted by Gasteiger charge is -2.14. The molecular formula is C8H16N2O3S. The summed E-state index contributed by atoms with van der Waals surface area (Å²) in [7, 11) is 0. The van der Waals surface area contributed by atoms with Crippen LogP contribution in [-0.4, -0.2) is 29.8 Å². The molecule has 0 heterocycles. The highest BCUT2D eigenvalue weighted by Crippen LogP contribution is 2.01. The lowest BCUT2D eigenvalue weighted by atomic mass is 10.1. The van der Waals surface area contributed by atoms with Gasteiger partial charge in [-0.1, -0.05) is 13.8 Å². The van der Waals surface area contributed by atoms with E-state index < -0.39 is 24.0 Å². The van der Waals surface area contributed by atoms with Gasteiger partial charge in [-0.05, 0) is 5.92 Å². The zero-order chi connectivity index (χ0) is 11.3. The van der Waals surface area contributed by atoms with Crippen LogP contribution in [0.5, 0.6) is 0 Å². The van der Waals surface area contributed by atoms with E-state index >= 15 is 0 Å². The molecule has 14 heavy (non-hydrogen) atoms. The number of hydrogen-bond donors (Lipinski definition) is 3. The van der Waals surface area contributed by atoms with Gasteiger partial charge in [-0.15, -0.1) is 0 Å². The van der Waals surface area contributed by atoms with E-state index in [1.807, 2.05) is 0 Å². The Hall–Kier alpha value is -0.590. The van der Waals surface area contributed by atoms with Crippen molar-refractivity contribution >= 4 is 24.6 Å². The van der Waals surface area contributed by atoms with E-state index in [4.69, 9.17) is 11.5 Å². The summed E-state index contributed by atoms with van der Waals surface area (Å²) in [6.07, 6.45) is 0. The van der Waals surface area contributed by atoms with E-state index in [2.05, 4.69) is 17.4 Å². The number of ether oxygens (including phenoxy) is 1. The summed E-state index contributed by atoms with van der Waals surface area (Å²) in [5.74, 6) is -1.49. The molecule has 0 aliphatic heterocycles. The van der Waals surface area contributed by atoms with Crippen molar-refractivity contribution in [3.05, 3.63) is 0 Å². The average molecular weight is 220 g/mol. The van der Waals surface area contributed by atoms with Crippen LogP contribution >= 0.6 is 12.6 Å². The first-order chi connectivity index (χ1) is 6.40. The van der Waals surface area contributed by atoms with Gasteiger partial charge < -0.3 is 16.2 Å². The smallest absolute Gasteiger partial charge is 0.331 e. The van der Waals surface area contributed by atoms with Crippen molar-refractivity contribution < 1.29 is 14.3 Å². The van der Waals surface area contributed by atoms with Crippen LogP contribution in [0.15, 0.2) is 0 Å². The minimum absolute atomic E-state index is 0.0810. The normalized spacial score (nSPS) is 15.0. The van der Waals surface area contributed by atoms with E-state index in [-0.39, 0.29) is 11.7 Å². The van der Waals surface area contributed by atoms with Crippen molar-refractivity contribution in [2.75, 3.05) is 5.75 Å². The molecule has 82 valence electrons. The maximum Gasteiger partial charge on any atom is 0.331 e. The molecule has 0 aromatic heterocycles. The molecular weight excluding hydrogens is 204 g/mol. The second-order valence-corrected chi connectivity index (χ2v) is 3.66. The number of rotatable bonds is 4. The predicted octanol–water partition coefficient (Wildman–Crippen LogP) is -0.703. The summed E-state index contributed by atoms with van der Waals surface area (Å²) in [4.78, 5) is 22.2. The molecule has 0 radical (unpaired) electrons. The standard InChI is InChI=1S/C8H16N2O3S/c1-4(2)6(10)8(12)13-7(11)5(9)3-14/h4-6,14H,3,9-10H2,1-2H3/t5-,6-/m0/s1. The highest BCUT2D eigenvalue weighted by Gasteiger charge is 2.24. The van der Waals surface area contributed by atoms with Gasteiger partial charge in [-0.25, -0.2) is 9.59 Å². The molecule has 0 aliphatic rings. The summed E-state index contributed by atoms with van der Waals surface area (Å²) in [6.45, 7) is 3.52. The molecule has 2 atom stereocenters. The van der Waals surface area contributed by atoms with E-state index in [1.54, 1.807) is 13.8 Å². The minimum Gasteiger partial charge on any atom is -0.391 e. The molecule has 0 aromatic rings. The van der Waals surface area contributed by atoms with E-state index in [9.17, 15) is 9.59 Å². The largest absolute Gasteiger partial charge is 0.391 e. The fraction of sp³-hybridized carbons (Fsp3) is 0.750. The Morgan fingerprint density at radius 1 is 1.29 bits per heavy atom. The van der Waals surface area contributed by atoms with Crippen molar-refractivity contribution in [1.82, 2.24) is 0 Å². The molecule has 5 nitrogen and oxygen atoms in total. The van der Waals surface area contributed by atoms with Crippen molar-refractivity contribution in [3.8, 4) is 0 Å². The Bertz CT molecular complexity index is 221. The van der Waals surface area contributed by atoms with Crippen LogP contribution in [0, 0.1) is 5.92 Å². The number of nitrogens with two attached hydrogens (primary N) is 2. The van der Waals surface area contributed by atoms with Gasteiger partial charge in [0.05, 0.1) is 0 Å². The van der Waals surface area contributed by atoms with Gasteiger partial charge in [0, 0.05) is 5.75 Å². The van der Waals surface area contributed by atoms with Gasteiger partial charge in [-0.3, -0.25) is 0 Å². The van der Waals surface area contributed by atoms with Crippen LogP contribution < -0.4 is 11.5 Å². The van der Waals surface area contributed by atoms with E-state index in [1.165, 1.54) is 0 Å². The highest BCUT2D eigenvalue weighted by molar-refractivity contribution is 7.80. The molecule has 0 unspecified atom stereocenters. The molecule has 0 bridgehead atoms. The molecule has 0 rings (SSSR count). The van der Waals surface area contributed by atoms with Crippen LogP contribution in [0.25, 0.3) is 0 Å². The Balaban J connectivity index is 4.13. The molecule has 6 heteroatoms. The first-order valence-electron chi connectivity index (χ1n) is 4.27. The third-order valence-corrected chi connectivity index (χ3v) is 2.08. The summed E-state index contributed by atoms with van der Waals surface area (Å²) < 4.78 is 4.45. The zero-order valence-corrected chi connectivity index (χ0v) is 9.16. The summed E-state index contributed by atoms with van der Waals surface area (Å²) in [5, 5.41) is 0. The number of carbonyl (C=O) groups excluding carboxylic acids is 2. The molecule has 0 amide bonds. The second kappa shape index (κ2) is 6.00. The first kappa shape index (κ1) is 13.4. The minimum atomic E-state index is -0.887. The summed E-state index contributed by atoms with van der Waals surface area (Å²) >= 11 is 3.80.